The van der Waals surface area contributed by atoms with Crippen molar-refractivity contribution in [1.29, 1.82) is 0 Å². The number of rotatable bonds is 5. The van der Waals surface area contributed by atoms with E-state index < -0.39 is 11.7 Å². The van der Waals surface area contributed by atoms with E-state index in [0.717, 1.165) is 40.9 Å². The fourth-order valence-corrected chi connectivity index (χ4v) is 4.20. The van der Waals surface area contributed by atoms with Gasteiger partial charge in [0.2, 0.25) is 0 Å². The molecule has 0 spiro atoms. The number of aromatic nitrogens is 2. The van der Waals surface area contributed by atoms with Crippen molar-refractivity contribution < 1.29 is 17.9 Å². The fourth-order valence-electron chi connectivity index (χ4n) is 3.22. The Morgan fingerprint density at radius 1 is 1.00 bits per heavy atom. The Labute approximate surface area is 171 Å². The summed E-state index contributed by atoms with van der Waals surface area (Å²) in [7, 11) is 0. The quantitative estimate of drug-likeness (QED) is 0.440. The van der Waals surface area contributed by atoms with Crippen LogP contribution in [0.1, 0.15) is 17.0 Å². The minimum Gasteiger partial charge on any atom is -0.379 e. The summed E-state index contributed by atoms with van der Waals surface area (Å²) in [5.41, 5.74) is 0.829. The van der Waals surface area contributed by atoms with Crippen LogP contribution in [0.15, 0.2) is 53.6 Å². The molecule has 0 amide bonds. The second-order valence-electron chi connectivity index (χ2n) is 6.84. The maximum atomic E-state index is 13.0. The van der Waals surface area contributed by atoms with Gasteiger partial charge in [0.05, 0.1) is 30.8 Å². The van der Waals surface area contributed by atoms with E-state index in [1.807, 2.05) is 24.3 Å². The van der Waals surface area contributed by atoms with E-state index in [4.69, 9.17) is 9.72 Å². The monoisotopic (exact) mass is 419 g/mol. The molecule has 2 aromatic carbocycles. The molecule has 0 atom stereocenters. The molecule has 1 aromatic heterocycles. The summed E-state index contributed by atoms with van der Waals surface area (Å²) in [5, 5.41) is 1.70. The first-order valence-corrected chi connectivity index (χ1v) is 10.3. The number of nitrogens with zero attached hydrogens (tertiary/aromatic N) is 3. The molecule has 0 N–H and O–H groups in total. The van der Waals surface area contributed by atoms with E-state index >= 15 is 0 Å². The van der Waals surface area contributed by atoms with Crippen LogP contribution in [0.5, 0.6) is 0 Å². The van der Waals surface area contributed by atoms with Gasteiger partial charge in [0.1, 0.15) is 10.9 Å². The highest BCUT2D eigenvalue weighted by Gasteiger charge is 2.30. The minimum absolute atomic E-state index is 0.405. The van der Waals surface area contributed by atoms with Crippen LogP contribution < -0.4 is 0 Å². The SMILES string of the molecule is FC(F)(F)c1cccc(CSc2nc(CN3CCOCC3)nc3ccccc23)c1. The number of hydrogen-bond acceptors (Lipinski definition) is 5. The summed E-state index contributed by atoms with van der Waals surface area (Å²) < 4.78 is 44.3. The van der Waals surface area contributed by atoms with Gasteiger partial charge in [-0.1, -0.05) is 36.4 Å². The van der Waals surface area contributed by atoms with Crippen molar-refractivity contribution in [3.63, 3.8) is 0 Å². The van der Waals surface area contributed by atoms with Crippen molar-refractivity contribution in [2.45, 2.75) is 23.5 Å². The van der Waals surface area contributed by atoms with Crippen molar-refractivity contribution in [3.05, 3.63) is 65.5 Å². The van der Waals surface area contributed by atoms with Gasteiger partial charge in [0.15, 0.2) is 0 Å². The van der Waals surface area contributed by atoms with E-state index in [-0.39, 0.29) is 0 Å². The summed E-state index contributed by atoms with van der Waals surface area (Å²) in [5.74, 6) is 1.12. The van der Waals surface area contributed by atoms with Crippen LogP contribution in [0.3, 0.4) is 0 Å². The Hall–Kier alpha value is -2.16. The molecule has 0 unspecified atom stereocenters. The normalized spacial score (nSPS) is 15.7. The zero-order valence-electron chi connectivity index (χ0n) is 15.7. The summed E-state index contributed by atoms with van der Waals surface area (Å²) in [6.45, 7) is 3.70. The predicted molar refractivity (Wildman–Crippen MR) is 107 cm³/mol. The highest BCUT2D eigenvalue weighted by molar-refractivity contribution is 7.98. The maximum Gasteiger partial charge on any atom is 0.416 e. The zero-order valence-corrected chi connectivity index (χ0v) is 16.5. The molecule has 2 heterocycles. The van der Waals surface area contributed by atoms with E-state index in [9.17, 15) is 13.2 Å². The van der Waals surface area contributed by atoms with Gasteiger partial charge in [-0.3, -0.25) is 4.90 Å². The van der Waals surface area contributed by atoms with E-state index in [0.29, 0.717) is 31.1 Å². The average molecular weight is 419 g/mol. The number of halogens is 3. The van der Waals surface area contributed by atoms with E-state index in [2.05, 4.69) is 9.88 Å². The van der Waals surface area contributed by atoms with Gasteiger partial charge in [-0.05, 0) is 17.7 Å². The second kappa shape index (κ2) is 8.69. The Morgan fingerprint density at radius 3 is 2.59 bits per heavy atom. The number of para-hydroxylation sites is 1. The van der Waals surface area contributed by atoms with Crippen LogP contribution in [-0.2, 0) is 23.2 Å². The Balaban J connectivity index is 1.57. The highest BCUT2D eigenvalue weighted by atomic mass is 32.2. The highest BCUT2D eigenvalue weighted by Crippen LogP contribution is 2.32. The number of fused-ring (bicyclic) bond motifs is 1. The van der Waals surface area contributed by atoms with Crippen LogP contribution in [-0.4, -0.2) is 41.2 Å². The summed E-state index contributed by atoms with van der Waals surface area (Å²) >= 11 is 1.44. The largest absolute Gasteiger partial charge is 0.416 e. The van der Waals surface area contributed by atoms with Crippen LogP contribution >= 0.6 is 11.8 Å². The number of alkyl halides is 3. The van der Waals surface area contributed by atoms with Gasteiger partial charge >= 0.3 is 6.18 Å². The van der Waals surface area contributed by atoms with Crippen LogP contribution in [0, 0.1) is 0 Å². The maximum absolute atomic E-state index is 13.0. The first kappa shape index (κ1) is 20.1. The molecule has 0 bridgehead atoms. The minimum atomic E-state index is -4.34. The molecule has 0 radical (unpaired) electrons. The van der Waals surface area contributed by atoms with Gasteiger partial charge < -0.3 is 4.74 Å². The van der Waals surface area contributed by atoms with Crippen molar-refractivity contribution >= 4 is 22.7 Å². The van der Waals surface area contributed by atoms with Gasteiger partial charge in [-0.15, -0.1) is 11.8 Å². The first-order chi connectivity index (χ1) is 14.0. The Bertz CT molecular complexity index is 990. The number of ether oxygens (including phenoxy) is 1. The summed E-state index contributed by atoms with van der Waals surface area (Å²) in [6.07, 6.45) is -4.34. The van der Waals surface area contributed by atoms with Gasteiger partial charge in [-0.25, -0.2) is 9.97 Å². The average Bonchev–Trinajstić information content (AvgIpc) is 2.72. The molecular formula is C21H20F3N3OS. The summed E-state index contributed by atoms with van der Waals surface area (Å²) in [4.78, 5) is 11.6. The molecule has 29 heavy (non-hydrogen) atoms. The molecule has 4 rings (SSSR count). The molecule has 0 saturated carbocycles. The molecule has 1 aliphatic rings. The lowest BCUT2D eigenvalue weighted by atomic mass is 10.1. The lowest BCUT2D eigenvalue weighted by Crippen LogP contribution is -2.36. The first-order valence-electron chi connectivity index (χ1n) is 9.34. The van der Waals surface area contributed by atoms with Gasteiger partial charge in [-0.2, -0.15) is 13.2 Å². The topological polar surface area (TPSA) is 38.2 Å². The standard InChI is InChI=1S/C21H20F3N3OS/c22-21(23,24)16-5-3-4-15(12-16)14-29-20-17-6-1-2-7-18(17)25-19(26-20)13-27-8-10-28-11-9-27/h1-7,12H,8-11,13-14H2. The van der Waals surface area contributed by atoms with Gasteiger partial charge in [0, 0.05) is 24.2 Å². The Morgan fingerprint density at radius 2 is 1.79 bits per heavy atom. The van der Waals surface area contributed by atoms with Crippen LogP contribution in [0.2, 0.25) is 0 Å². The zero-order chi connectivity index (χ0) is 20.3. The molecule has 1 aliphatic heterocycles. The lowest BCUT2D eigenvalue weighted by Gasteiger charge is -2.25. The Kier molecular flexibility index (Phi) is 6.03. The molecule has 1 fully saturated rings. The molecule has 1 saturated heterocycles. The molecule has 4 nitrogen and oxygen atoms in total. The fraction of sp³-hybridized carbons (Fsp3) is 0.333. The van der Waals surface area contributed by atoms with Crippen molar-refractivity contribution in [2.24, 2.45) is 0 Å². The van der Waals surface area contributed by atoms with E-state index in [1.54, 1.807) is 6.07 Å². The molecule has 0 aliphatic carbocycles. The van der Waals surface area contributed by atoms with E-state index in [1.165, 1.54) is 23.9 Å². The molecule has 3 aromatic rings. The number of benzene rings is 2. The molecular weight excluding hydrogens is 399 g/mol. The number of morpholine rings is 1. The van der Waals surface area contributed by atoms with Crippen molar-refractivity contribution in [3.8, 4) is 0 Å². The number of thioether (sulfide) groups is 1. The lowest BCUT2D eigenvalue weighted by molar-refractivity contribution is -0.137. The smallest absolute Gasteiger partial charge is 0.379 e. The second-order valence-corrected chi connectivity index (χ2v) is 7.80. The third-order valence-electron chi connectivity index (χ3n) is 4.71. The predicted octanol–water partition coefficient (Wildman–Crippen LogP) is 4.77. The summed E-state index contributed by atoms with van der Waals surface area (Å²) in [6, 6.07) is 13.2. The third-order valence-corrected chi connectivity index (χ3v) is 5.78. The molecule has 8 heteroatoms. The number of hydrogen-bond donors (Lipinski definition) is 0. The van der Waals surface area contributed by atoms with Crippen LogP contribution in [0.4, 0.5) is 13.2 Å². The van der Waals surface area contributed by atoms with Gasteiger partial charge in [0.25, 0.3) is 0 Å². The van der Waals surface area contributed by atoms with Crippen LogP contribution in [0.25, 0.3) is 10.9 Å². The third kappa shape index (κ3) is 5.07. The van der Waals surface area contributed by atoms with Crippen molar-refractivity contribution in [2.75, 3.05) is 26.3 Å². The molecule has 152 valence electrons. The van der Waals surface area contributed by atoms with Crippen molar-refractivity contribution in [1.82, 2.24) is 14.9 Å².